The van der Waals surface area contributed by atoms with E-state index >= 15 is 0 Å². The number of fused-ring (bicyclic) bond motifs is 2. The van der Waals surface area contributed by atoms with Crippen molar-refractivity contribution in [3.8, 4) is 5.75 Å². The predicted molar refractivity (Wildman–Crippen MR) is 123 cm³/mol. The highest BCUT2D eigenvalue weighted by molar-refractivity contribution is 5.86. The summed E-state index contributed by atoms with van der Waals surface area (Å²) < 4.78 is 8.38. The Morgan fingerprint density at radius 3 is 2.43 bits per heavy atom. The summed E-state index contributed by atoms with van der Waals surface area (Å²) in [5, 5.41) is 2.54. The number of para-hydroxylation sites is 2. The van der Waals surface area contributed by atoms with Crippen LogP contribution in [-0.4, -0.2) is 9.55 Å². The molecule has 0 unspecified atom stereocenters. The molecule has 0 bridgehead atoms. The minimum atomic E-state index is 0.435. The third-order valence-electron chi connectivity index (χ3n) is 5.64. The molecule has 1 aromatic heterocycles. The zero-order valence-electron chi connectivity index (χ0n) is 17.1. The SMILES string of the molecule is CCc1ccc(OCc2nc3ccccc3n2Cc2cccc3ccccc23)cc1. The number of benzene rings is 4. The first-order chi connectivity index (χ1) is 14.8. The molecule has 0 radical (unpaired) electrons. The van der Waals surface area contributed by atoms with E-state index in [0.29, 0.717) is 6.61 Å². The number of aryl methyl sites for hydroxylation is 1. The van der Waals surface area contributed by atoms with E-state index in [0.717, 1.165) is 35.6 Å². The maximum absolute atomic E-state index is 6.10. The molecule has 5 rings (SSSR count). The molecule has 0 aliphatic carbocycles. The van der Waals surface area contributed by atoms with Gasteiger partial charge in [-0.1, -0.05) is 73.7 Å². The van der Waals surface area contributed by atoms with E-state index in [1.165, 1.54) is 21.9 Å². The number of hydrogen-bond acceptors (Lipinski definition) is 2. The molecule has 0 spiro atoms. The van der Waals surface area contributed by atoms with Crippen molar-refractivity contribution in [2.75, 3.05) is 0 Å². The van der Waals surface area contributed by atoms with Crippen LogP contribution >= 0.6 is 0 Å². The van der Waals surface area contributed by atoms with Gasteiger partial charge in [0.2, 0.25) is 0 Å². The Hall–Kier alpha value is -3.59. The molecule has 0 atom stereocenters. The molecule has 4 aromatic carbocycles. The second-order valence-electron chi connectivity index (χ2n) is 7.53. The van der Waals surface area contributed by atoms with Crippen molar-refractivity contribution in [3.63, 3.8) is 0 Å². The Morgan fingerprint density at radius 1 is 0.800 bits per heavy atom. The van der Waals surface area contributed by atoms with E-state index in [4.69, 9.17) is 9.72 Å². The minimum Gasteiger partial charge on any atom is -0.486 e. The highest BCUT2D eigenvalue weighted by Crippen LogP contribution is 2.24. The Morgan fingerprint density at radius 2 is 1.57 bits per heavy atom. The third-order valence-corrected chi connectivity index (χ3v) is 5.64. The molecule has 5 aromatic rings. The molecule has 0 N–H and O–H groups in total. The highest BCUT2D eigenvalue weighted by Gasteiger charge is 2.13. The zero-order chi connectivity index (χ0) is 20.3. The molecule has 0 aliphatic rings. The molecular formula is C27H24N2O. The van der Waals surface area contributed by atoms with E-state index in [1.54, 1.807) is 0 Å². The number of hydrogen-bond donors (Lipinski definition) is 0. The summed E-state index contributed by atoms with van der Waals surface area (Å²) in [4.78, 5) is 4.88. The van der Waals surface area contributed by atoms with Crippen LogP contribution in [0.1, 0.15) is 23.9 Å². The first-order valence-corrected chi connectivity index (χ1v) is 10.4. The van der Waals surface area contributed by atoms with Crippen molar-refractivity contribution in [2.45, 2.75) is 26.5 Å². The summed E-state index contributed by atoms with van der Waals surface area (Å²) in [5.74, 6) is 1.81. The van der Waals surface area contributed by atoms with Gasteiger partial charge in [0.15, 0.2) is 0 Å². The van der Waals surface area contributed by atoms with Crippen molar-refractivity contribution < 1.29 is 4.74 Å². The van der Waals surface area contributed by atoms with Crippen LogP contribution in [0.5, 0.6) is 5.75 Å². The van der Waals surface area contributed by atoms with Gasteiger partial charge in [-0.3, -0.25) is 0 Å². The zero-order valence-corrected chi connectivity index (χ0v) is 17.1. The van der Waals surface area contributed by atoms with Gasteiger partial charge >= 0.3 is 0 Å². The lowest BCUT2D eigenvalue weighted by Crippen LogP contribution is -2.08. The van der Waals surface area contributed by atoms with Gasteiger partial charge in [-0.15, -0.1) is 0 Å². The summed E-state index contributed by atoms with van der Waals surface area (Å²) in [6.45, 7) is 3.35. The lowest BCUT2D eigenvalue weighted by Gasteiger charge is -2.13. The largest absolute Gasteiger partial charge is 0.486 e. The normalized spacial score (nSPS) is 11.2. The van der Waals surface area contributed by atoms with E-state index in [9.17, 15) is 0 Å². The number of imidazole rings is 1. The Kier molecular flexibility index (Phi) is 4.94. The van der Waals surface area contributed by atoms with Crippen molar-refractivity contribution >= 4 is 21.8 Å². The lowest BCUT2D eigenvalue weighted by molar-refractivity contribution is 0.291. The molecule has 148 valence electrons. The van der Waals surface area contributed by atoms with Crippen LogP contribution in [-0.2, 0) is 19.6 Å². The fourth-order valence-electron chi connectivity index (χ4n) is 3.98. The van der Waals surface area contributed by atoms with Crippen LogP contribution in [0.4, 0.5) is 0 Å². The first kappa shape index (κ1) is 18.4. The lowest BCUT2D eigenvalue weighted by atomic mass is 10.0. The van der Waals surface area contributed by atoms with Gasteiger partial charge in [-0.2, -0.15) is 0 Å². The van der Waals surface area contributed by atoms with Gasteiger partial charge in [0, 0.05) is 0 Å². The summed E-state index contributed by atoms with van der Waals surface area (Å²) in [5.41, 5.74) is 4.72. The second-order valence-corrected chi connectivity index (χ2v) is 7.53. The first-order valence-electron chi connectivity index (χ1n) is 10.4. The van der Waals surface area contributed by atoms with Crippen molar-refractivity contribution in [1.82, 2.24) is 9.55 Å². The number of ether oxygens (including phenoxy) is 1. The van der Waals surface area contributed by atoms with Crippen molar-refractivity contribution in [3.05, 3.63) is 108 Å². The average Bonchev–Trinajstić information content (AvgIpc) is 3.15. The molecule has 0 aliphatic heterocycles. The van der Waals surface area contributed by atoms with Crippen LogP contribution in [0.3, 0.4) is 0 Å². The van der Waals surface area contributed by atoms with Gasteiger partial charge in [-0.05, 0) is 52.6 Å². The molecule has 0 amide bonds. The van der Waals surface area contributed by atoms with E-state index in [-0.39, 0.29) is 0 Å². The summed E-state index contributed by atoms with van der Waals surface area (Å²) in [7, 11) is 0. The Balaban J connectivity index is 1.50. The maximum atomic E-state index is 6.10. The summed E-state index contributed by atoms with van der Waals surface area (Å²) >= 11 is 0. The van der Waals surface area contributed by atoms with Crippen LogP contribution < -0.4 is 4.74 Å². The van der Waals surface area contributed by atoms with E-state index < -0.39 is 0 Å². The fourth-order valence-corrected chi connectivity index (χ4v) is 3.98. The van der Waals surface area contributed by atoms with Crippen LogP contribution in [0.2, 0.25) is 0 Å². The molecule has 0 saturated heterocycles. The van der Waals surface area contributed by atoms with Crippen LogP contribution in [0.15, 0.2) is 91.0 Å². The van der Waals surface area contributed by atoms with Gasteiger partial charge in [0.1, 0.15) is 18.2 Å². The number of aromatic nitrogens is 2. The monoisotopic (exact) mass is 392 g/mol. The minimum absolute atomic E-state index is 0.435. The van der Waals surface area contributed by atoms with Gasteiger partial charge in [0.25, 0.3) is 0 Å². The topological polar surface area (TPSA) is 27.1 Å². The number of nitrogens with zero attached hydrogens (tertiary/aromatic N) is 2. The Labute approximate surface area is 176 Å². The summed E-state index contributed by atoms with van der Waals surface area (Å²) in [6, 6.07) is 31.6. The maximum Gasteiger partial charge on any atom is 0.148 e. The Bertz CT molecular complexity index is 1300. The standard InChI is InChI=1S/C27H24N2O/c1-2-20-14-16-23(17-15-20)30-19-27-28-25-12-5-6-13-26(25)29(27)18-22-10-7-9-21-8-3-4-11-24(21)22/h3-17H,2,18-19H2,1H3. The quantitative estimate of drug-likeness (QED) is 0.335. The predicted octanol–water partition coefficient (Wildman–Crippen LogP) is 6.38. The van der Waals surface area contributed by atoms with E-state index in [1.807, 2.05) is 18.2 Å². The van der Waals surface area contributed by atoms with Crippen molar-refractivity contribution in [1.29, 1.82) is 0 Å². The van der Waals surface area contributed by atoms with Crippen molar-refractivity contribution in [2.24, 2.45) is 0 Å². The molecule has 30 heavy (non-hydrogen) atoms. The van der Waals surface area contributed by atoms with Gasteiger partial charge in [0.05, 0.1) is 17.6 Å². The highest BCUT2D eigenvalue weighted by atomic mass is 16.5. The smallest absolute Gasteiger partial charge is 0.148 e. The number of rotatable bonds is 6. The summed E-state index contributed by atoms with van der Waals surface area (Å²) in [6.07, 6.45) is 1.03. The van der Waals surface area contributed by atoms with Crippen LogP contribution in [0, 0.1) is 0 Å². The molecule has 1 heterocycles. The molecule has 0 fully saturated rings. The third kappa shape index (κ3) is 3.55. The van der Waals surface area contributed by atoms with E-state index in [2.05, 4.69) is 84.3 Å². The average molecular weight is 393 g/mol. The van der Waals surface area contributed by atoms with Crippen LogP contribution in [0.25, 0.3) is 21.8 Å². The van der Waals surface area contributed by atoms with Gasteiger partial charge in [-0.25, -0.2) is 4.98 Å². The fraction of sp³-hybridized carbons (Fsp3) is 0.148. The molecule has 3 nitrogen and oxygen atoms in total. The molecule has 0 saturated carbocycles. The molecule has 3 heteroatoms. The molecular weight excluding hydrogens is 368 g/mol. The van der Waals surface area contributed by atoms with Gasteiger partial charge < -0.3 is 9.30 Å². The second kappa shape index (κ2) is 8.03.